The molecule has 1 N–H and O–H groups in total. The second kappa shape index (κ2) is 9.04. The summed E-state index contributed by atoms with van der Waals surface area (Å²) in [6.07, 6.45) is 8.08. The standard InChI is InChI=1S/C13H19F2N/c1-4-6-8-13(16-3)10-12(15)9-11(14)7-5-2/h4,6-9,13,16H,1,5,10H2,2-3H3/b8-6-,11-7+,12-9+. The van der Waals surface area contributed by atoms with Crippen molar-refractivity contribution in [3.8, 4) is 0 Å². The number of hydrogen-bond donors (Lipinski definition) is 1. The Morgan fingerprint density at radius 2 is 2.12 bits per heavy atom. The van der Waals surface area contributed by atoms with Crippen LogP contribution in [0.4, 0.5) is 8.78 Å². The van der Waals surface area contributed by atoms with Crippen LogP contribution in [0.15, 0.2) is 48.6 Å². The van der Waals surface area contributed by atoms with Gasteiger partial charge in [0.25, 0.3) is 0 Å². The van der Waals surface area contributed by atoms with Gasteiger partial charge in [-0.2, -0.15) is 0 Å². The molecule has 0 saturated heterocycles. The summed E-state index contributed by atoms with van der Waals surface area (Å²) in [4.78, 5) is 0. The van der Waals surface area contributed by atoms with Gasteiger partial charge in [-0.25, -0.2) is 8.78 Å². The topological polar surface area (TPSA) is 12.0 Å². The van der Waals surface area contributed by atoms with Gasteiger partial charge in [-0.1, -0.05) is 31.7 Å². The zero-order valence-electron chi connectivity index (χ0n) is 9.84. The summed E-state index contributed by atoms with van der Waals surface area (Å²) in [5.41, 5.74) is 0. The van der Waals surface area contributed by atoms with Gasteiger partial charge < -0.3 is 5.32 Å². The highest BCUT2D eigenvalue weighted by molar-refractivity contribution is 5.16. The normalized spacial score (nSPS) is 15.5. The summed E-state index contributed by atoms with van der Waals surface area (Å²) in [6.45, 7) is 5.33. The third kappa shape index (κ3) is 7.12. The lowest BCUT2D eigenvalue weighted by Gasteiger charge is -2.09. The molecule has 1 atom stereocenters. The molecule has 0 aliphatic heterocycles. The molecule has 3 heteroatoms. The first-order valence-corrected chi connectivity index (χ1v) is 5.32. The SMILES string of the molecule is C=C/C=C\C(C/C(F)=C\C(F)=C/CC)NC. The fourth-order valence-corrected chi connectivity index (χ4v) is 1.15. The molecule has 0 radical (unpaired) electrons. The maximum Gasteiger partial charge on any atom is 0.121 e. The van der Waals surface area contributed by atoms with Gasteiger partial charge in [0.2, 0.25) is 0 Å². The highest BCUT2D eigenvalue weighted by Crippen LogP contribution is 2.12. The number of allylic oxidation sites excluding steroid dienone is 5. The van der Waals surface area contributed by atoms with Gasteiger partial charge in [-0.05, 0) is 19.5 Å². The summed E-state index contributed by atoms with van der Waals surface area (Å²) in [6, 6.07) is -0.149. The number of hydrogen-bond acceptors (Lipinski definition) is 1. The van der Waals surface area contributed by atoms with Crippen molar-refractivity contribution in [2.24, 2.45) is 0 Å². The van der Waals surface area contributed by atoms with Crippen molar-refractivity contribution in [3.63, 3.8) is 0 Å². The lowest BCUT2D eigenvalue weighted by atomic mass is 10.1. The Morgan fingerprint density at radius 1 is 1.44 bits per heavy atom. The van der Waals surface area contributed by atoms with Crippen LogP contribution in [0.1, 0.15) is 19.8 Å². The Hall–Kier alpha value is -1.22. The highest BCUT2D eigenvalue weighted by atomic mass is 19.1. The molecule has 0 fully saturated rings. The summed E-state index contributed by atoms with van der Waals surface area (Å²) < 4.78 is 26.3. The Balaban J connectivity index is 4.39. The summed E-state index contributed by atoms with van der Waals surface area (Å²) in [5.74, 6) is -1.00. The van der Waals surface area contributed by atoms with Crippen LogP contribution in [0.3, 0.4) is 0 Å². The van der Waals surface area contributed by atoms with Crippen molar-refractivity contribution < 1.29 is 8.78 Å². The summed E-state index contributed by atoms with van der Waals surface area (Å²) in [5, 5.41) is 2.92. The van der Waals surface area contributed by atoms with Gasteiger partial charge in [0.15, 0.2) is 0 Å². The molecule has 0 aromatic carbocycles. The maximum atomic E-state index is 13.3. The minimum atomic E-state index is -0.525. The summed E-state index contributed by atoms with van der Waals surface area (Å²) >= 11 is 0. The molecular weight excluding hydrogens is 208 g/mol. The van der Waals surface area contributed by atoms with Crippen molar-refractivity contribution in [2.75, 3.05) is 7.05 Å². The first-order chi connectivity index (χ1) is 7.63. The van der Waals surface area contributed by atoms with Crippen molar-refractivity contribution in [1.29, 1.82) is 0 Å². The van der Waals surface area contributed by atoms with E-state index in [9.17, 15) is 8.78 Å². The first kappa shape index (κ1) is 14.8. The molecule has 90 valence electrons. The average Bonchev–Trinajstić information content (AvgIpc) is 2.24. The third-order valence-corrected chi connectivity index (χ3v) is 1.96. The smallest absolute Gasteiger partial charge is 0.121 e. The molecule has 0 bridgehead atoms. The van der Waals surface area contributed by atoms with E-state index in [1.807, 2.05) is 0 Å². The van der Waals surface area contributed by atoms with Gasteiger partial charge in [0.1, 0.15) is 11.7 Å². The molecule has 0 amide bonds. The molecule has 0 aliphatic rings. The molecule has 1 nitrogen and oxygen atoms in total. The van der Waals surface area contributed by atoms with Crippen LogP contribution in [0.5, 0.6) is 0 Å². The van der Waals surface area contributed by atoms with Crippen LogP contribution in [-0.2, 0) is 0 Å². The van der Waals surface area contributed by atoms with Crippen LogP contribution >= 0.6 is 0 Å². The fourth-order valence-electron chi connectivity index (χ4n) is 1.15. The molecule has 0 aromatic heterocycles. The summed E-state index contributed by atoms with van der Waals surface area (Å²) in [7, 11) is 1.73. The van der Waals surface area contributed by atoms with Gasteiger partial charge in [0.05, 0.1) is 0 Å². The quantitative estimate of drug-likeness (QED) is 0.652. The van der Waals surface area contributed by atoms with E-state index in [2.05, 4.69) is 11.9 Å². The van der Waals surface area contributed by atoms with Crippen LogP contribution < -0.4 is 5.32 Å². The van der Waals surface area contributed by atoms with Gasteiger partial charge >= 0.3 is 0 Å². The van der Waals surface area contributed by atoms with Gasteiger partial charge in [-0.3, -0.25) is 0 Å². The third-order valence-electron chi connectivity index (χ3n) is 1.96. The molecule has 0 heterocycles. The van der Waals surface area contributed by atoms with Gasteiger partial charge in [-0.15, -0.1) is 0 Å². The first-order valence-electron chi connectivity index (χ1n) is 5.32. The lowest BCUT2D eigenvalue weighted by molar-refractivity contribution is 0.529. The van der Waals surface area contributed by atoms with E-state index in [4.69, 9.17) is 0 Å². The number of rotatable bonds is 7. The van der Waals surface area contributed by atoms with Gasteiger partial charge in [0, 0.05) is 18.5 Å². The molecule has 16 heavy (non-hydrogen) atoms. The van der Waals surface area contributed by atoms with Crippen molar-refractivity contribution in [3.05, 3.63) is 48.6 Å². The average molecular weight is 227 g/mol. The molecule has 0 saturated carbocycles. The second-order valence-electron chi connectivity index (χ2n) is 3.31. The molecule has 0 aromatic rings. The molecule has 0 rings (SSSR count). The molecule has 0 aliphatic carbocycles. The minimum absolute atomic E-state index is 0.131. The zero-order valence-corrected chi connectivity index (χ0v) is 9.84. The molecule has 1 unspecified atom stereocenters. The van der Waals surface area contributed by atoms with E-state index in [1.54, 1.807) is 32.2 Å². The van der Waals surface area contributed by atoms with Crippen molar-refractivity contribution >= 4 is 0 Å². The highest BCUT2D eigenvalue weighted by Gasteiger charge is 2.05. The van der Waals surface area contributed by atoms with E-state index in [0.29, 0.717) is 6.42 Å². The van der Waals surface area contributed by atoms with Crippen LogP contribution in [0.25, 0.3) is 0 Å². The number of likely N-dealkylation sites (N-methyl/N-ethyl adjacent to an activating group) is 1. The Labute approximate surface area is 96.2 Å². The van der Waals surface area contributed by atoms with E-state index in [0.717, 1.165) is 6.08 Å². The monoisotopic (exact) mass is 227 g/mol. The Morgan fingerprint density at radius 3 is 2.62 bits per heavy atom. The van der Waals surface area contributed by atoms with E-state index >= 15 is 0 Å². The predicted octanol–water partition coefficient (Wildman–Crippen LogP) is 3.82. The fraction of sp³-hybridized carbons (Fsp3) is 0.385. The Bertz CT molecular complexity index is 290. The Kier molecular flexibility index (Phi) is 8.35. The lowest BCUT2D eigenvalue weighted by Crippen LogP contribution is -2.22. The van der Waals surface area contributed by atoms with Crippen LogP contribution in [-0.4, -0.2) is 13.1 Å². The number of nitrogens with one attached hydrogen (secondary N) is 1. The number of halogens is 2. The maximum absolute atomic E-state index is 13.3. The zero-order chi connectivity index (χ0) is 12.4. The predicted molar refractivity (Wildman–Crippen MR) is 65.5 cm³/mol. The van der Waals surface area contributed by atoms with Crippen LogP contribution in [0, 0.1) is 0 Å². The molecule has 0 spiro atoms. The van der Waals surface area contributed by atoms with E-state index in [1.165, 1.54) is 6.08 Å². The largest absolute Gasteiger partial charge is 0.313 e. The minimum Gasteiger partial charge on any atom is -0.313 e. The van der Waals surface area contributed by atoms with E-state index in [-0.39, 0.29) is 12.5 Å². The molecular formula is C13H19F2N. The van der Waals surface area contributed by atoms with Crippen molar-refractivity contribution in [2.45, 2.75) is 25.8 Å². The van der Waals surface area contributed by atoms with Crippen molar-refractivity contribution in [1.82, 2.24) is 5.32 Å². The second-order valence-corrected chi connectivity index (χ2v) is 3.31. The van der Waals surface area contributed by atoms with Crippen LogP contribution in [0.2, 0.25) is 0 Å². The van der Waals surface area contributed by atoms with E-state index < -0.39 is 11.7 Å².